The number of rotatable bonds is 5. The molecule has 0 aliphatic carbocycles. The van der Waals surface area contributed by atoms with E-state index in [0.717, 1.165) is 30.6 Å². The van der Waals surface area contributed by atoms with Gasteiger partial charge in [0.15, 0.2) is 18.2 Å². The maximum Gasteiger partial charge on any atom is 0.260 e. The van der Waals surface area contributed by atoms with Gasteiger partial charge in [0.1, 0.15) is 5.75 Å². The predicted octanol–water partition coefficient (Wildman–Crippen LogP) is 3.75. The van der Waals surface area contributed by atoms with Gasteiger partial charge < -0.3 is 19.4 Å². The molecule has 3 heterocycles. The summed E-state index contributed by atoms with van der Waals surface area (Å²) in [5, 5.41) is 9.81. The van der Waals surface area contributed by atoms with Crippen molar-refractivity contribution in [1.29, 1.82) is 0 Å². The van der Waals surface area contributed by atoms with E-state index in [1.165, 1.54) is 12.8 Å². The van der Waals surface area contributed by atoms with Gasteiger partial charge in [-0.3, -0.25) is 4.79 Å². The highest BCUT2D eigenvalue weighted by Crippen LogP contribution is 2.27. The number of halogens is 2. The number of piperazine rings is 1. The Bertz CT molecular complexity index is 895. The van der Waals surface area contributed by atoms with Crippen molar-refractivity contribution in [2.45, 2.75) is 19.8 Å². The zero-order valence-electron chi connectivity index (χ0n) is 17.6. The number of nitrogens with zero attached hydrogens (tertiary/aromatic N) is 5. The monoisotopic (exact) mass is 463 g/mol. The third-order valence-electron chi connectivity index (χ3n) is 5.95. The van der Waals surface area contributed by atoms with Crippen molar-refractivity contribution in [3.05, 3.63) is 40.4 Å². The second-order valence-corrected chi connectivity index (χ2v) is 8.99. The Labute approximate surface area is 192 Å². The third kappa shape index (κ3) is 5.52. The highest BCUT2D eigenvalue weighted by molar-refractivity contribution is 6.35. The molecule has 0 atom stereocenters. The van der Waals surface area contributed by atoms with Gasteiger partial charge in [-0.05, 0) is 49.1 Å². The average Bonchev–Trinajstić information content (AvgIpc) is 2.79. The van der Waals surface area contributed by atoms with Crippen LogP contribution in [0.1, 0.15) is 19.8 Å². The molecule has 0 radical (unpaired) electrons. The molecule has 7 nitrogen and oxygen atoms in total. The van der Waals surface area contributed by atoms with E-state index in [9.17, 15) is 4.79 Å². The predicted molar refractivity (Wildman–Crippen MR) is 123 cm³/mol. The number of aromatic nitrogens is 2. The lowest BCUT2D eigenvalue weighted by Gasteiger charge is -2.35. The fourth-order valence-electron chi connectivity index (χ4n) is 3.90. The number of anilines is 2. The van der Waals surface area contributed by atoms with E-state index in [1.54, 1.807) is 23.1 Å². The van der Waals surface area contributed by atoms with Crippen molar-refractivity contribution < 1.29 is 9.53 Å². The molecule has 2 aliphatic heterocycles. The Morgan fingerprint density at radius 1 is 0.968 bits per heavy atom. The minimum absolute atomic E-state index is 0.0513. The first-order valence-corrected chi connectivity index (χ1v) is 11.4. The summed E-state index contributed by atoms with van der Waals surface area (Å²) in [6, 6.07) is 9.04. The summed E-state index contributed by atoms with van der Waals surface area (Å²) in [7, 11) is 0. The van der Waals surface area contributed by atoms with Crippen LogP contribution in [0.4, 0.5) is 11.6 Å². The number of ether oxygens (including phenoxy) is 1. The number of hydrogen-bond acceptors (Lipinski definition) is 6. The number of carbonyl (C=O) groups excluding carboxylic acids is 1. The maximum atomic E-state index is 12.5. The van der Waals surface area contributed by atoms with Gasteiger partial charge in [-0.2, -0.15) is 0 Å². The average molecular weight is 464 g/mol. The molecule has 0 unspecified atom stereocenters. The summed E-state index contributed by atoms with van der Waals surface area (Å²) in [5.74, 6) is 2.98. The first-order chi connectivity index (χ1) is 15.0. The summed E-state index contributed by atoms with van der Waals surface area (Å²) in [6.45, 7) is 6.98. The van der Waals surface area contributed by atoms with Crippen molar-refractivity contribution in [1.82, 2.24) is 15.1 Å². The molecule has 31 heavy (non-hydrogen) atoms. The zero-order chi connectivity index (χ0) is 21.8. The molecule has 0 bridgehead atoms. The van der Waals surface area contributed by atoms with Crippen molar-refractivity contribution >= 4 is 40.7 Å². The molecule has 0 N–H and O–H groups in total. The van der Waals surface area contributed by atoms with E-state index < -0.39 is 0 Å². The fraction of sp³-hybridized carbons (Fsp3) is 0.500. The topological polar surface area (TPSA) is 61.8 Å². The van der Waals surface area contributed by atoms with Crippen LogP contribution in [0.3, 0.4) is 0 Å². The highest BCUT2D eigenvalue weighted by atomic mass is 35.5. The van der Waals surface area contributed by atoms with E-state index in [0.29, 0.717) is 42.0 Å². The van der Waals surface area contributed by atoms with Crippen molar-refractivity contribution in [2.24, 2.45) is 5.92 Å². The molecule has 2 fully saturated rings. The largest absolute Gasteiger partial charge is 0.482 e. The Balaban J connectivity index is 1.25. The van der Waals surface area contributed by atoms with Crippen LogP contribution < -0.4 is 14.5 Å². The molecule has 166 valence electrons. The first kappa shape index (κ1) is 22.0. The summed E-state index contributed by atoms with van der Waals surface area (Å²) in [4.78, 5) is 18.8. The van der Waals surface area contributed by atoms with Crippen LogP contribution >= 0.6 is 23.2 Å². The number of benzene rings is 1. The van der Waals surface area contributed by atoms with Gasteiger partial charge in [0.2, 0.25) is 0 Å². The number of carbonyl (C=O) groups is 1. The van der Waals surface area contributed by atoms with Gasteiger partial charge in [0.25, 0.3) is 5.91 Å². The van der Waals surface area contributed by atoms with Crippen LogP contribution in [-0.4, -0.2) is 66.9 Å². The van der Waals surface area contributed by atoms with Gasteiger partial charge in [0.05, 0.1) is 5.02 Å². The minimum Gasteiger partial charge on any atom is -0.482 e. The smallest absolute Gasteiger partial charge is 0.260 e. The summed E-state index contributed by atoms with van der Waals surface area (Å²) < 4.78 is 5.57. The minimum atomic E-state index is -0.0635. The lowest BCUT2D eigenvalue weighted by Crippen LogP contribution is -2.50. The molecule has 0 spiro atoms. The van der Waals surface area contributed by atoms with Gasteiger partial charge in [0, 0.05) is 44.3 Å². The molecule has 1 aromatic heterocycles. The summed E-state index contributed by atoms with van der Waals surface area (Å²) >= 11 is 12.0. The maximum absolute atomic E-state index is 12.5. The van der Waals surface area contributed by atoms with E-state index >= 15 is 0 Å². The van der Waals surface area contributed by atoms with Gasteiger partial charge in [-0.1, -0.05) is 30.1 Å². The van der Waals surface area contributed by atoms with Crippen LogP contribution in [0.25, 0.3) is 0 Å². The molecule has 2 aliphatic rings. The van der Waals surface area contributed by atoms with Crippen LogP contribution in [-0.2, 0) is 4.79 Å². The van der Waals surface area contributed by atoms with E-state index in [2.05, 4.69) is 33.0 Å². The lowest BCUT2D eigenvalue weighted by atomic mass is 9.99. The molecule has 2 aromatic rings. The van der Waals surface area contributed by atoms with Crippen LogP contribution in [0.5, 0.6) is 5.75 Å². The van der Waals surface area contributed by atoms with Crippen LogP contribution in [0.15, 0.2) is 30.3 Å². The Morgan fingerprint density at radius 2 is 1.58 bits per heavy atom. The Kier molecular flexibility index (Phi) is 7.02. The first-order valence-electron chi connectivity index (χ1n) is 10.7. The van der Waals surface area contributed by atoms with Gasteiger partial charge in [-0.15, -0.1) is 10.2 Å². The van der Waals surface area contributed by atoms with Gasteiger partial charge >= 0.3 is 0 Å². The standard InChI is InChI=1S/C22H27Cl2N5O2/c1-16-6-8-27(9-7-16)20-4-5-21(26-25-20)28-10-12-29(13-11-28)22(30)15-31-19-3-2-17(23)14-18(19)24/h2-5,14,16H,6-13,15H2,1H3. The second-order valence-electron chi connectivity index (χ2n) is 8.15. The molecule has 0 saturated carbocycles. The molecular weight excluding hydrogens is 437 g/mol. The van der Waals surface area contributed by atoms with Crippen molar-refractivity contribution in [2.75, 3.05) is 55.7 Å². The third-order valence-corrected chi connectivity index (χ3v) is 6.48. The quantitative estimate of drug-likeness (QED) is 0.672. The molecule has 1 amide bonds. The molecular formula is C22H27Cl2N5O2. The fourth-order valence-corrected chi connectivity index (χ4v) is 4.36. The normalized spacial score (nSPS) is 17.7. The molecule has 2 saturated heterocycles. The van der Waals surface area contributed by atoms with Crippen molar-refractivity contribution in [3.63, 3.8) is 0 Å². The van der Waals surface area contributed by atoms with Crippen molar-refractivity contribution in [3.8, 4) is 5.75 Å². The van der Waals surface area contributed by atoms with Crippen LogP contribution in [0.2, 0.25) is 10.0 Å². The van der Waals surface area contributed by atoms with E-state index in [1.807, 2.05) is 6.07 Å². The number of amides is 1. The van der Waals surface area contributed by atoms with E-state index in [4.69, 9.17) is 27.9 Å². The lowest BCUT2D eigenvalue weighted by molar-refractivity contribution is -0.133. The van der Waals surface area contributed by atoms with E-state index in [-0.39, 0.29) is 12.5 Å². The number of hydrogen-bond donors (Lipinski definition) is 0. The van der Waals surface area contributed by atoms with Crippen LogP contribution in [0, 0.1) is 5.92 Å². The SMILES string of the molecule is CC1CCN(c2ccc(N3CCN(C(=O)COc4ccc(Cl)cc4Cl)CC3)nn2)CC1. The summed E-state index contributed by atoms with van der Waals surface area (Å²) in [6.07, 6.45) is 2.40. The number of piperidine rings is 1. The van der Waals surface area contributed by atoms with Gasteiger partial charge in [-0.25, -0.2) is 0 Å². The Hall–Kier alpha value is -2.25. The molecule has 1 aromatic carbocycles. The summed E-state index contributed by atoms with van der Waals surface area (Å²) in [5.41, 5.74) is 0. The zero-order valence-corrected chi connectivity index (χ0v) is 19.1. The second kappa shape index (κ2) is 9.92. The Morgan fingerprint density at radius 3 is 2.16 bits per heavy atom. The highest BCUT2D eigenvalue weighted by Gasteiger charge is 2.23. The molecule has 9 heteroatoms. The molecule has 4 rings (SSSR count).